The quantitative estimate of drug-likeness (QED) is 0.873. The van der Waals surface area contributed by atoms with Crippen LogP contribution in [0.25, 0.3) is 0 Å². The number of rotatable bonds is 3. The van der Waals surface area contributed by atoms with Crippen LogP contribution in [-0.2, 0) is 0 Å². The van der Waals surface area contributed by atoms with Gasteiger partial charge in [0.1, 0.15) is 5.82 Å². The van der Waals surface area contributed by atoms with E-state index >= 15 is 0 Å². The number of hydrogen-bond donors (Lipinski definition) is 1. The van der Waals surface area contributed by atoms with E-state index in [1.807, 2.05) is 12.3 Å². The highest BCUT2D eigenvalue weighted by Crippen LogP contribution is 2.34. The van der Waals surface area contributed by atoms with Crippen molar-refractivity contribution in [2.45, 2.75) is 39.7 Å². The summed E-state index contributed by atoms with van der Waals surface area (Å²) < 4.78 is 0. The van der Waals surface area contributed by atoms with Gasteiger partial charge in [-0.05, 0) is 49.4 Å². The third-order valence-corrected chi connectivity index (χ3v) is 3.49. The molecule has 94 valence electrons. The Labute approximate surface area is 104 Å². The fourth-order valence-corrected chi connectivity index (χ4v) is 2.80. The second kappa shape index (κ2) is 5.05. The molecule has 1 fully saturated rings. The van der Waals surface area contributed by atoms with Gasteiger partial charge >= 0.3 is 0 Å². The molecule has 0 saturated carbocycles. The first kappa shape index (κ1) is 12.4. The van der Waals surface area contributed by atoms with Crippen LogP contribution >= 0.6 is 0 Å². The maximum atomic E-state index is 5.72. The largest absolute Gasteiger partial charge is 0.384 e. The second-order valence-corrected chi connectivity index (χ2v) is 5.51. The SMILES string of the molecule is Cc1cc(N)ncc1[C@@H]1CCCN1CC(C)C. The molecule has 3 nitrogen and oxygen atoms in total. The molecular weight excluding hydrogens is 210 g/mol. The zero-order chi connectivity index (χ0) is 12.4. The van der Waals surface area contributed by atoms with E-state index in [1.165, 1.54) is 37.1 Å². The summed E-state index contributed by atoms with van der Waals surface area (Å²) in [5.41, 5.74) is 8.35. The number of hydrogen-bond acceptors (Lipinski definition) is 3. The van der Waals surface area contributed by atoms with Gasteiger partial charge in [0.2, 0.25) is 0 Å². The Morgan fingerprint density at radius 3 is 2.94 bits per heavy atom. The molecule has 1 aliphatic heterocycles. The van der Waals surface area contributed by atoms with Gasteiger partial charge in [0, 0.05) is 18.8 Å². The Hall–Kier alpha value is -1.09. The van der Waals surface area contributed by atoms with Gasteiger partial charge in [-0.2, -0.15) is 0 Å². The van der Waals surface area contributed by atoms with E-state index in [0.29, 0.717) is 11.9 Å². The number of aromatic nitrogens is 1. The van der Waals surface area contributed by atoms with Crippen molar-refractivity contribution in [1.29, 1.82) is 0 Å². The third-order valence-electron chi connectivity index (χ3n) is 3.49. The molecule has 1 aliphatic rings. The first-order valence-corrected chi connectivity index (χ1v) is 6.54. The third kappa shape index (κ3) is 2.78. The number of nitrogens with zero attached hydrogens (tertiary/aromatic N) is 2. The van der Waals surface area contributed by atoms with Crippen LogP contribution in [0.15, 0.2) is 12.3 Å². The van der Waals surface area contributed by atoms with Crippen molar-refractivity contribution in [3.05, 3.63) is 23.4 Å². The lowest BCUT2D eigenvalue weighted by molar-refractivity contribution is 0.228. The molecule has 0 radical (unpaired) electrons. The zero-order valence-corrected chi connectivity index (χ0v) is 11.1. The van der Waals surface area contributed by atoms with Crippen LogP contribution in [0.5, 0.6) is 0 Å². The van der Waals surface area contributed by atoms with E-state index < -0.39 is 0 Å². The maximum Gasteiger partial charge on any atom is 0.123 e. The Balaban J connectivity index is 2.20. The summed E-state index contributed by atoms with van der Waals surface area (Å²) in [4.78, 5) is 6.84. The lowest BCUT2D eigenvalue weighted by Crippen LogP contribution is -2.27. The van der Waals surface area contributed by atoms with Crippen molar-refractivity contribution < 1.29 is 0 Å². The molecule has 0 aromatic carbocycles. The molecule has 17 heavy (non-hydrogen) atoms. The number of pyridine rings is 1. The molecule has 2 N–H and O–H groups in total. The smallest absolute Gasteiger partial charge is 0.123 e. The van der Waals surface area contributed by atoms with Gasteiger partial charge in [-0.25, -0.2) is 4.98 Å². The molecule has 0 unspecified atom stereocenters. The summed E-state index contributed by atoms with van der Waals surface area (Å²) in [5.74, 6) is 1.34. The molecule has 0 aliphatic carbocycles. The zero-order valence-electron chi connectivity index (χ0n) is 11.1. The standard InChI is InChI=1S/C14H23N3/c1-10(2)9-17-6-4-5-13(17)12-8-16-14(15)7-11(12)3/h7-8,10,13H,4-6,9H2,1-3H3,(H2,15,16)/t13-/m0/s1. The summed E-state index contributed by atoms with van der Waals surface area (Å²) in [5, 5.41) is 0. The number of nitrogens with two attached hydrogens (primary N) is 1. The Morgan fingerprint density at radius 1 is 1.53 bits per heavy atom. The molecule has 0 bridgehead atoms. The highest BCUT2D eigenvalue weighted by molar-refractivity contribution is 5.37. The van der Waals surface area contributed by atoms with Crippen LogP contribution < -0.4 is 5.73 Å². The minimum atomic E-state index is 0.547. The van der Waals surface area contributed by atoms with E-state index in [4.69, 9.17) is 5.73 Å². The first-order valence-electron chi connectivity index (χ1n) is 6.54. The topological polar surface area (TPSA) is 42.1 Å². The monoisotopic (exact) mass is 233 g/mol. The van der Waals surface area contributed by atoms with E-state index in [9.17, 15) is 0 Å². The normalized spacial score (nSPS) is 21.3. The Kier molecular flexibility index (Phi) is 3.67. The van der Waals surface area contributed by atoms with Crippen molar-refractivity contribution in [2.24, 2.45) is 5.92 Å². The van der Waals surface area contributed by atoms with E-state index in [0.717, 1.165) is 5.92 Å². The summed E-state index contributed by atoms with van der Waals surface area (Å²) in [7, 11) is 0. The highest BCUT2D eigenvalue weighted by Gasteiger charge is 2.27. The molecular formula is C14H23N3. The second-order valence-electron chi connectivity index (χ2n) is 5.51. The molecule has 1 aromatic rings. The molecule has 1 atom stereocenters. The Bertz CT molecular complexity index is 387. The van der Waals surface area contributed by atoms with Crippen LogP contribution in [-0.4, -0.2) is 23.0 Å². The highest BCUT2D eigenvalue weighted by atomic mass is 15.2. The lowest BCUT2D eigenvalue weighted by atomic mass is 10.0. The van der Waals surface area contributed by atoms with Crippen molar-refractivity contribution in [3.63, 3.8) is 0 Å². The van der Waals surface area contributed by atoms with Gasteiger partial charge in [0.05, 0.1) is 0 Å². The molecule has 1 aromatic heterocycles. The summed E-state index contributed by atoms with van der Waals surface area (Å²) in [6, 6.07) is 2.53. The summed E-state index contributed by atoms with van der Waals surface area (Å²) in [6.07, 6.45) is 4.51. The predicted molar refractivity (Wildman–Crippen MR) is 71.8 cm³/mol. The summed E-state index contributed by atoms with van der Waals surface area (Å²) >= 11 is 0. The fourth-order valence-electron chi connectivity index (χ4n) is 2.80. The van der Waals surface area contributed by atoms with Crippen LogP contribution in [0.4, 0.5) is 5.82 Å². The number of nitrogen functional groups attached to an aromatic ring is 1. The fraction of sp³-hybridized carbons (Fsp3) is 0.643. The van der Waals surface area contributed by atoms with Crippen molar-refractivity contribution in [3.8, 4) is 0 Å². The van der Waals surface area contributed by atoms with Gasteiger partial charge in [-0.3, -0.25) is 4.90 Å². The number of likely N-dealkylation sites (tertiary alicyclic amines) is 1. The van der Waals surface area contributed by atoms with Crippen LogP contribution in [0, 0.1) is 12.8 Å². The first-order chi connectivity index (χ1) is 8.08. The van der Waals surface area contributed by atoms with Crippen LogP contribution in [0.2, 0.25) is 0 Å². The van der Waals surface area contributed by atoms with E-state index in [1.54, 1.807) is 0 Å². The molecule has 2 rings (SSSR count). The molecule has 2 heterocycles. The van der Waals surface area contributed by atoms with Gasteiger partial charge in [-0.1, -0.05) is 13.8 Å². The van der Waals surface area contributed by atoms with Crippen molar-refractivity contribution >= 4 is 5.82 Å². The molecule has 0 amide bonds. The van der Waals surface area contributed by atoms with E-state index in [-0.39, 0.29) is 0 Å². The van der Waals surface area contributed by atoms with Crippen LogP contribution in [0.3, 0.4) is 0 Å². The van der Waals surface area contributed by atoms with Crippen LogP contribution in [0.1, 0.15) is 43.9 Å². The van der Waals surface area contributed by atoms with Gasteiger partial charge < -0.3 is 5.73 Å². The lowest BCUT2D eigenvalue weighted by Gasteiger charge is -2.27. The average molecular weight is 233 g/mol. The predicted octanol–water partition coefficient (Wildman–Crippen LogP) is 2.77. The maximum absolute atomic E-state index is 5.72. The minimum absolute atomic E-state index is 0.547. The van der Waals surface area contributed by atoms with Gasteiger partial charge in [-0.15, -0.1) is 0 Å². The Morgan fingerprint density at radius 2 is 2.29 bits per heavy atom. The summed E-state index contributed by atoms with van der Waals surface area (Å²) in [6.45, 7) is 9.09. The number of anilines is 1. The van der Waals surface area contributed by atoms with Gasteiger partial charge in [0.15, 0.2) is 0 Å². The average Bonchev–Trinajstić information content (AvgIpc) is 2.65. The molecule has 0 spiro atoms. The van der Waals surface area contributed by atoms with Crippen molar-refractivity contribution in [2.75, 3.05) is 18.8 Å². The number of aryl methyl sites for hydroxylation is 1. The van der Waals surface area contributed by atoms with Gasteiger partial charge in [0.25, 0.3) is 0 Å². The molecule has 3 heteroatoms. The van der Waals surface area contributed by atoms with E-state index in [2.05, 4.69) is 30.7 Å². The molecule has 1 saturated heterocycles. The van der Waals surface area contributed by atoms with Crippen molar-refractivity contribution in [1.82, 2.24) is 9.88 Å². The minimum Gasteiger partial charge on any atom is -0.384 e.